The second-order valence-corrected chi connectivity index (χ2v) is 20.7. The Labute approximate surface area is 403 Å². The number of thiophene rings is 1. The van der Waals surface area contributed by atoms with Gasteiger partial charge in [-0.3, -0.25) is 0 Å². The first-order chi connectivity index (χ1) is 33.2. The summed E-state index contributed by atoms with van der Waals surface area (Å²) in [6, 6.07) is 83.6. The predicted molar refractivity (Wildman–Crippen MR) is 291 cm³/mol. The van der Waals surface area contributed by atoms with E-state index in [0.717, 1.165) is 11.4 Å². The van der Waals surface area contributed by atoms with Crippen molar-refractivity contribution < 1.29 is 0 Å². The van der Waals surface area contributed by atoms with Crippen LogP contribution in [0.2, 0.25) is 0 Å². The Kier molecular flexibility index (Phi) is 9.16. The molecule has 0 spiro atoms. The maximum Gasteiger partial charge on any atom is 0.0508 e. The third kappa shape index (κ3) is 6.21. The fourth-order valence-corrected chi connectivity index (χ4v) is 13.0. The van der Waals surface area contributed by atoms with Crippen molar-refractivity contribution in [3.05, 3.63) is 247 Å². The van der Waals surface area contributed by atoms with Gasteiger partial charge in [-0.05, 0) is 144 Å². The predicted octanol–water partition coefficient (Wildman–Crippen LogP) is 18.8. The number of nitrogens with zero attached hydrogens (tertiary/aromatic N) is 1. The van der Waals surface area contributed by atoms with Crippen molar-refractivity contribution in [2.24, 2.45) is 0 Å². The molecule has 0 amide bonds. The maximum absolute atomic E-state index is 2.48. The molecule has 68 heavy (non-hydrogen) atoms. The Hall–Kier alpha value is -7.78. The zero-order valence-corrected chi connectivity index (χ0v) is 39.5. The van der Waals surface area contributed by atoms with Gasteiger partial charge in [0.05, 0.1) is 5.69 Å². The Bertz CT molecular complexity index is 3760. The Morgan fingerprint density at radius 1 is 0.324 bits per heavy atom. The van der Waals surface area contributed by atoms with E-state index < -0.39 is 0 Å². The molecule has 0 radical (unpaired) electrons. The lowest BCUT2D eigenvalue weighted by Crippen LogP contribution is -2.20. The highest BCUT2D eigenvalue weighted by atomic mass is 32.1. The highest BCUT2D eigenvalue weighted by Gasteiger charge is 2.40. The third-order valence-electron chi connectivity index (χ3n) is 15.0. The molecule has 0 saturated heterocycles. The molecular weight excluding hydrogens is 839 g/mol. The van der Waals surface area contributed by atoms with Crippen LogP contribution in [0, 0.1) is 0 Å². The molecule has 1 heterocycles. The average molecular weight is 888 g/mol. The van der Waals surface area contributed by atoms with Crippen LogP contribution in [0.25, 0.3) is 86.9 Å². The lowest BCUT2D eigenvalue weighted by atomic mass is 9.78. The molecular formula is C66H49NS. The minimum Gasteiger partial charge on any atom is -0.310 e. The zero-order chi connectivity index (χ0) is 45.7. The van der Waals surface area contributed by atoms with Crippen molar-refractivity contribution in [2.45, 2.75) is 38.5 Å². The first-order valence-electron chi connectivity index (χ1n) is 23.8. The highest BCUT2D eigenvalue weighted by molar-refractivity contribution is 7.26. The van der Waals surface area contributed by atoms with E-state index >= 15 is 0 Å². The summed E-state index contributed by atoms with van der Waals surface area (Å²) in [5.41, 5.74) is 23.8. The van der Waals surface area contributed by atoms with Crippen molar-refractivity contribution in [1.82, 2.24) is 0 Å². The molecule has 11 aromatic rings. The summed E-state index contributed by atoms with van der Waals surface area (Å²) in [5.74, 6) is 0. The molecule has 13 rings (SSSR count). The zero-order valence-electron chi connectivity index (χ0n) is 38.7. The van der Waals surface area contributed by atoms with Gasteiger partial charge in [0.2, 0.25) is 0 Å². The van der Waals surface area contributed by atoms with E-state index in [2.05, 4.69) is 257 Å². The molecule has 2 aliphatic carbocycles. The van der Waals surface area contributed by atoms with E-state index in [4.69, 9.17) is 0 Å². The summed E-state index contributed by atoms with van der Waals surface area (Å²) in [4.78, 5) is 2.48. The van der Waals surface area contributed by atoms with Gasteiger partial charge in [0.1, 0.15) is 0 Å². The number of rotatable bonds is 7. The van der Waals surface area contributed by atoms with Crippen LogP contribution in [0.5, 0.6) is 0 Å². The third-order valence-corrected chi connectivity index (χ3v) is 16.3. The second kappa shape index (κ2) is 15.4. The molecule has 0 saturated carbocycles. The summed E-state index contributed by atoms with van der Waals surface area (Å²) in [7, 11) is 0. The molecule has 0 unspecified atom stereocenters. The summed E-state index contributed by atoms with van der Waals surface area (Å²) >= 11 is 1.89. The molecule has 0 fully saturated rings. The van der Waals surface area contributed by atoms with Crippen LogP contribution < -0.4 is 4.90 Å². The van der Waals surface area contributed by atoms with Crippen molar-refractivity contribution in [3.63, 3.8) is 0 Å². The number of benzene rings is 10. The van der Waals surface area contributed by atoms with Gasteiger partial charge in [0.15, 0.2) is 0 Å². The standard InChI is InChI=1S/C66H49NS/c1-65(2)59-38-33-46(39-56(59)57-41-47(42-17-7-5-8-18-42)40-55(62(57)65)44-19-9-6-10-20-44)43-29-34-48(35-30-43)67(60-27-16-24-53-51-21-11-13-26-58(51)66(3,4)63(53)60)49-36-31-45(32-37-49)50-23-15-25-54-52-22-12-14-28-61(52)68-64(50)54/h5-41H,1-4H3. The fourth-order valence-electron chi connectivity index (χ4n) is 11.8. The molecule has 1 nitrogen and oxygen atoms in total. The summed E-state index contributed by atoms with van der Waals surface area (Å²) in [6.07, 6.45) is 0. The molecule has 0 N–H and O–H groups in total. The van der Waals surface area contributed by atoms with Crippen LogP contribution in [-0.2, 0) is 10.8 Å². The highest BCUT2D eigenvalue weighted by Crippen LogP contribution is 2.56. The topological polar surface area (TPSA) is 3.24 Å². The van der Waals surface area contributed by atoms with Gasteiger partial charge >= 0.3 is 0 Å². The quantitative estimate of drug-likeness (QED) is 0.154. The average Bonchev–Trinajstić information content (AvgIpc) is 3.97. The van der Waals surface area contributed by atoms with Crippen LogP contribution in [-0.4, -0.2) is 0 Å². The monoisotopic (exact) mass is 887 g/mol. The fraction of sp³-hybridized carbons (Fsp3) is 0.0909. The van der Waals surface area contributed by atoms with E-state index in [-0.39, 0.29) is 10.8 Å². The van der Waals surface area contributed by atoms with E-state index in [1.165, 1.54) is 115 Å². The Morgan fingerprint density at radius 3 is 1.60 bits per heavy atom. The lowest BCUT2D eigenvalue weighted by Gasteiger charge is -2.32. The normalized spacial score (nSPS) is 13.8. The minimum atomic E-state index is -0.188. The van der Waals surface area contributed by atoms with Crippen LogP contribution in [0.1, 0.15) is 49.9 Å². The van der Waals surface area contributed by atoms with Gasteiger partial charge in [0.25, 0.3) is 0 Å². The molecule has 324 valence electrons. The second-order valence-electron chi connectivity index (χ2n) is 19.6. The van der Waals surface area contributed by atoms with Crippen molar-refractivity contribution in [3.8, 4) is 66.8 Å². The van der Waals surface area contributed by atoms with Crippen LogP contribution in [0.4, 0.5) is 17.1 Å². The van der Waals surface area contributed by atoms with Gasteiger partial charge in [0, 0.05) is 42.4 Å². The van der Waals surface area contributed by atoms with Crippen LogP contribution in [0.15, 0.2) is 224 Å². The molecule has 2 aliphatic rings. The van der Waals surface area contributed by atoms with Gasteiger partial charge in [-0.1, -0.05) is 198 Å². The van der Waals surface area contributed by atoms with Gasteiger partial charge in [-0.2, -0.15) is 0 Å². The van der Waals surface area contributed by atoms with E-state index in [1.54, 1.807) is 0 Å². The summed E-state index contributed by atoms with van der Waals surface area (Å²) < 4.78 is 2.66. The molecule has 0 bridgehead atoms. The first kappa shape index (κ1) is 40.5. The number of hydrogen-bond acceptors (Lipinski definition) is 2. The SMILES string of the molecule is CC1(C)c2ccc(-c3ccc(N(c4ccc(-c5cccc6c5sc5ccccc56)cc4)c4cccc5c4C(C)(C)c4ccccc4-5)cc3)cc2-c2cc(-c3ccccc3)cc(-c3ccccc3)c21. The van der Waals surface area contributed by atoms with Gasteiger partial charge < -0.3 is 4.90 Å². The molecule has 2 heteroatoms. The summed E-state index contributed by atoms with van der Waals surface area (Å²) in [5, 5.41) is 2.64. The summed E-state index contributed by atoms with van der Waals surface area (Å²) in [6.45, 7) is 9.56. The minimum absolute atomic E-state index is 0.169. The van der Waals surface area contributed by atoms with Crippen molar-refractivity contribution in [2.75, 3.05) is 4.90 Å². The van der Waals surface area contributed by atoms with E-state index in [9.17, 15) is 0 Å². The molecule has 0 atom stereocenters. The Morgan fingerprint density at radius 2 is 0.838 bits per heavy atom. The largest absolute Gasteiger partial charge is 0.310 e. The van der Waals surface area contributed by atoms with Crippen molar-refractivity contribution in [1.29, 1.82) is 0 Å². The number of fused-ring (bicyclic) bond motifs is 9. The Balaban J connectivity index is 0.930. The van der Waals surface area contributed by atoms with Gasteiger partial charge in [-0.15, -0.1) is 11.3 Å². The first-order valence-corrected chi connectivity index (χ1v) is 24.6. The maximum atomic E-state index is 2.48. The number of anilines is 3. The van der Waals surface area contributed by atoms with Crippen LogP contribution in [0.3, 0.4) is 0 Å². The lowest BCUT2D eigenvalue weighted by molar-refractivity contribution is 0.661. The van der Waals surface area contributed by atoms with E-state index in [0.29, 0.717) is 0 Å². The molecule has 10 aromatic carbocycles. The smallest absolute Gasteiger partial charge is 0.0508 e. The molecule has 1 aromatic heterocycles. The number of hydrogen-bond donors (Lipinski definition) is 0. The van der Waals surface area contributed by atoms with Crippen LogP contribution >= 0.6 is 11.3 Å². The van der Waals surface area contributed by atoms with Gasteiger partial charge in [-0.25, -0.2) is 0 Å². The van der Waals surface area contributed by atoms with Crippen molar-refractivity contribution >= 4 is 48.6 Å². The molecule has 0 aliphatic heterocycles. The van der Waals surface area contributed by atoms with E-state index in [1.807, 2.05) is 11.3 Å².